The number of piperazine rings is 1. The van der Waals surface area contributed by atoms with Gasteiger partial charge in [-0.05, 0) is 12.1 Å². The van der Waals surface area contributed by atoms with E-state index in [2.05, 4.69) is 20.5 Å². The van der Waals surface area contributed by atoms with Crippen LogP contribution in [-0.2, 0) is 11.0 Å². The Balaban J connectivity index is 1.62. The van der Waals surface area contributed by atoms with Crippen LogP contribution in [0.1, 0.15) is 20.7 Å². The highest BCUT2D eigenvalue weighted by Gasteiger charge is 2.29. The van der Waals surface area contributed by atoms with Crippen LogP contribution in [0.4, 0.5) is 11.4 Å². The fraction of sp³-hybridized carbons (Fsp3) is 0.211. The fourth-order valence-corrected chi connectivity index (χ4v) is 4.02. The number of nitrogens with one attached hydrogen (secondary N) is 2. The molecule has 1 fully saturated rings. The maximum Gasteiger partial charge on any atom is 0.210 e. The molecule has 0 radical (unpaired) electrons. The number of fused-ring (bicyclic) bond motifs is 1. The third kappa shape index (κ3) is 3.47. The Morgan fingerprint density at radius 2 is 1.96 bits per heavy atom. The Morgan fingerprint density at radius 1 is 1.18 bits per heavy atom. The van der Waals surface area contributed by atoms with Crippen LogP contribution in [0.15, 0.2) is 53.3 Å². The molecule has 0 saturated carbocycles. The Kier molecular flexibility index (Phi) is 5.03. The number of pyridine rings is 1. The van der Waals surface area contributed by atoms with Gasteiger partial charge in [0.1, 0.15) is 11.0 Å². The second-order valence-electron chi connectivity index (χ2n) is 6.52. The van der Waals surface area contributed by atoms with Gasteiger partial charge >= 0.3 is 0 Å². The third-order valence-corrected chi connectivity index (χ3v) is 5.51. The molecule has 4 rings (SSSR count). The Hall–Kier alpha value is -2.88. The molecule has 28 heavy (non-hydrogen) atoms. The third-order valence-electron chi connectivity index (χ3n) is 4.74. The molecule has 1 saturated heterocycles. The number of nitrogens with zero attached hydrogens (tertiary/aromatic N) is 2. The van der Waals surface area contributed by atoms with E-state index in [1.807, 2.05) is 6.07 Å². The first-order valence-corrected chi connectivity index (χ1v) is 10.0. The molecule has 1 aliphatic carbocycles. The highest BCUT2D eigenvalue weighted by Crippen LogP contribution is 2.27. The Bertz CT molecular complexity index is 1010. The van der Waals surface area contributed by atoms with Crippen molar-refractivity contribution in [3.63, 3.8) is 0 Å². The Morgan fingerprint density at radius 3 is 2.71 bits per heavy atom. The van der Waals surface area contributed by atoms with Crippen LogP contribution in [0.5, 0.6) is 0 Å². The minimum atomic E-state index is -1.85. The summed E-state index contributed by atoms with van der Waals surface area (Å²) in [4.78, 5) is 32.1. The van der Waals surface area contributed by atoms with Crippen LogP contribution < -0.4 is 20.7 Å². The van der Waals surface area contributed by atoms with E-state index in [-0.39, 0.29) is 27.5 Å². The zero-order chi connectivity index (χ0) is 19.7. The number of anilines is 2. The number of carbonyl (C=O) groups excluding carboxylic acids is 2. The van der Waals surface area contributed by atoms with E-state index in [4.69, 9.17) is 5.14 Å². The van der Waals surface area contributed by atoms with Crippen LogP contribution in [0, 0.1) is 0 Å². The van der Waals surface area contributed by atoms with E-state index in [1.54, 1.807) is 18.5 Å². The van der Waals surface area contributed by atoms with Crippen LogP contribution >= 0.6 is 0 Å². The van der Waals surface area contributed by atoms with E-state index < -0.39 is 16.8 Å². The minimum Gasteiger partial charge on any atom is -0.368 e. The van der Waals surface area contributed by atoms with Crippen LogP contribution in [0.3, 0.4) is 0 Å². The van der Waals surface area contributed by atoms with E-state index in [9.17, 15) is 13.8 Å². The molecule has 1 unspecified atom stereocenters. The van der Waals surface area contributed by atoms with Gasteiger partial charge in [0.2, 0.25) is 5.78 Å². The first-order chi connectivity index (χ1) is 13.5. The van der Waals surface area contributed by atoms with Gasteiger partial charge in [-0.15, -0.1) is 0 Å². The second-order valence-corrected chi connectivity index (χ2v) is 7.56. The number of hydrogen-bond donors (Lipinski definition) is 3. The molecule has 1 aromatic heterocycles. The molecular formula is C19H19N5O3S. The molecule has 0 bridgehead atoms. The summed E-state index contributed by atoms with van der Waals surface area (Å²) >= 11 is 0. The topological polar surface area (TPSA) is 117 Å². The molecule has 0 spiro atoms. The summed E-state index contributed by atoms with van der Waals surface area (Å²) in [7, 11) is -1.85. The molecule has 0 amide bonds. The van der Waals surface area contributed by atoms with Crippen molar-refractivity contribution < 1.29 is 13.8 Å². The number of carbonyl (C=O) groups is 2. The van der Waals surface area contributed by atoms with Crippen molar-refractivity contribution >= 4 is 33.9 Å². The molecule has 8 nitrogen and oxygen atoms in total. The number of hydrogen-bond acceptors (Lipinski definition) is 7. The molecule has 1 aliphatic heterocycles. The van der Waals surface area contributed by atoms with Crippen molar-refractivity contribution in [2.24, 2.45) is 5.14 Å². The highest BCUT2D eigenvalue weighted by atomic mass is 32.2. The first kappa shape index (κ1) is 18.5. The van der Waals surface area contributed by atoms with Gasteiger partial charge in [-0.2, -0.15) is 0 Å². The maximum atomic E-state index is 12.9. The van der Waals surface area contributed by atoms with Gasteiger partial charge in [-0.3, -0.25) is 14.6 Å². The molecular weight excluding hydrogens is 378 g/mol. The van der Waals surface area contributed by atoms with Gasteiger partial charge < -0.3 is 15.5 Å². The molecule has 2 aromatic rings. The summed E-state index contributed by atoms with van der Waals surface area (Å²) in [6.07, 6.45) is 4.60. The number of allylic oxidation sites excluding steroid dienone is 2. The van der Waals surface area contributed by atoms with Crippen LogP contribution in [0.25, 0.3) is 0 Å². The van der Waals surface area contributed by atoms with Gasteiger partial charge in [-0.25, -0.2) is 9.35 Å². The number of rotatable bonds is 4. The Labute approximate surface area is 164 Å². The lowest BCUT2D eigenvalue weighted by molar-refractivity contribution is 0.0983. The lowest BCUT2D eigenvalue weighted by atomic mass is 9.92. The standard InChI is InChI=1S/C19H19N5O3S/c20-28(27)17-3-1-2-14-18(17)16(25)9-15(19(14)26)23-12-8-13(11-22-10-12)24-6-4-21-5-7-24/h1-3,8-11,21,23H,4-7,20H2. The van der Waals surface area contributed by atoms with Crippen LogP contribution in [0.2, 0.25) is 0 Å². The van der Waals surface area contributed by atoms with Crippen molar-refractivity contribution in [3.05, 3.63) is 59.6 Å². The van der Waals surface area contributed by atoms with E-state index in [0.29, 0.717) is 5.69 Å². The minimum absolute atomic E-state index is 0.103. The van der Waals surface area contributed by atoms with E-state index in [0.717, 1.165) is 31.9 Å². The molecule has 1 aromatic carbocycles. The number of Topliss-reactive ketones (excluding diaryl/α,β-unsaturated/α-hetero) is 1. The zero-order valence-electron chi connectivity index (χ0n) is 15.0. The van der Waals surface area contributed by atoms with Gasteiger partial charge in [-0.1, -0.05) is 12.1 Å². The smallest absolute Gasteiger partial charge is 0.210 e. The van der Waals surface area contributed by atoms with Gasteiger partial charge in [0.25, 0.3) is 0 Å². The van der Waals surface area contributed by atoms with Crippen molar-refractivity contribution in [1.82, 2.24) is 10.3 Å². The molecule has 2 aliphatic rings. The number of nitrogens with two attached hydrogens (primary N) is 1. The fourth-order valence-electron chi connectivity index (χ4n) is 3.40. The number of ketones is 2. The van der Waals surface area contributed by atoms with Crippen molar-refractivity contribution in [2.75, 3.05) is 36.4 Å². The summed E-state index contributed by atoms with van der Waals surface area (Å²) in [6, 6.07) is 6.50. The summed E-state index contributed by atoms with van der Waals surface area (Å²) in [5.41, 5.74) is 2.01. The lowest BCUT2D eigenvalue weighted by Crippen LogP contribution is -2.43. The molecule has 4 N–H and O–H groups in total. The summed E-state index contributed by atoms with van der Waals surface area (Å²) in [5.74, 6) is -0.757. The van der Waals surface area contributed by atoms with Crippen molar-refractivity contribution in [1.29, 1.82) is 0 Å². The maximum absolute atomic E-state index is 12.9. The van der Waals surface area contributed by atoms with E-state index >= 15 is 0 Å². The molecule has 1 atom stereocenters. The highest BCUT2D eigenvalue weighted by molar-refractivity contribution is 7.82. The first-order valence-electron chi connectivity index (χ1n) is 8.82. The predicted molar refractivity (Wildman–Crippen MR) is 107 cm³/mol. The van der Waals surface area contributed by atoms with Gasteiger partial charge in [0.15, 0.2) is 5.78 Å². The average molecular weight is 397 g/mol. The van der Waals surface area contributed by atoms with Gasteiger partial charge in [0, 0.05) is 37.8 Å². The summed E-state index contributed by atoms with van der Waals surface area (Å²) in [5, 5.41) is 11.8. The SMILES string of the molecule is NS(=O)c1cccc2c1C(=O)C=C(Nc1cncc(N3CCNCC3)c1)C2=O. The van der Waals surface area contributed by atoms with Crippen molar-refractivity contribution in [3.8, 4) is 0 Å². The zero-order valence-corrected chi connectivity index (χ0v) is 15.8. The lowest BCUT2D eigenvalue weighted by Gasteiger charge is -2.29. The monoisotopic (exact) mass is 397 g/mol. The van der Waals surface area contributed by atoms with E-state index in [1.165, 1.54) is 18.2 Å². The quantitative estimate of drug-likeness (QED) is 0.700. The second kappa shape index (κ2) is 7.63. The normalized spacial score (nSPS) is 17.8. The molecule has 9 heteroatoms. The molecule has 144 valence electrons. The number of aromatic nitrogens is 1. The van der Waals surface area contributed by atoms with Gasteiger partial charge in [0.05, 0.1) is 39.9 Å². The average Bonchev–Trinajstić information content (AvgIpc) is 2.72. The van der Waals surface area contributed by atoms with Crippen LogP contribution in [-0.4, -0.2) is 46.9 Å². The van der Waals surface area contributed by atoms with Crippen molar-refractivity contribution in [2.45, 2.75) is 4.90 Å². The molecule has 2 heterocycles. The summed E-state index contributed by atoms with van der Waals surface area (Å²) < 4.78 is 11.7. The largest absolute Gasteiger partial charge is 0.368 e. The summed E-state index contributed by atoms with van der Waals surface area (Å²) in [6.45, 7) is 3.55. The predicted octanol–water partition coefficient (Wildman–Crippen LogP) is 0.847. The number of benzene rings is 1.